The number of rotatable bonds is 2. The van der Waals surface area contributed by atoms with Gasteiger partial charge >= 0.3 is 0 Å². The maximum Gasteiger partial charge on any atom is 0.198 e. The van der Waals surface area contributed by atoms with E-state index in [1.807, 2.05) is 6.92 Å². The summed E-state index contributed by atoms with van der Waals surface area (Å²) in [5.41, 5.74) is 7.31. The third-order valence-corrected chi connectivity index (χ3v) is 2.62. The van der Waals surface area contributed by atoms with Crippen LogP contribution in [0.25, 0.3) is 0 Å². The number of halogens is 1. The van der Waals surface area contributed by atoms with Crippen LogP contribution >= 0.6 is 11.6 Å². The second-order valence-corrected chi connectivity index (χ2v) is 4.04. The van der Waals surface area contributed by atoms with E-state index >= 15 is 0 Å². The molecule has 0 fully saturated rings. The van der Waals surface area contributed by atoms with Crippen LogP contribution in [-0.4, -0.2) is 15.8 Å². The highest BCUT2D eigenvalue weighted by Gasteiger charge is 2.15. The number of pyridine rings is 2. The zero-order valence-electron chi connectivity index (χ0n) is 9.14. The number of aryl methyl sites for hydroxylation is 1. The van der Waals surface area contributed by atoms with Gasteiger partial charge in [0.25, 0.3) is 0 Å². The zero-order chi connectivity index (χ0) is 12.4. The number of nitrogens with zero attached hydrogens (tertiary/aromatic N) is 2. The van der Waals surface area contributed by atoms with Crippen LogP contribution in [0.5, 0.6) is 0 Å². The summed E-state index contributed by atoms with van der Waals surface area (Å²) >= 11 is 5.80. The van der Waals surface area contributed by atoms with Gasteiger partial charge in [0, 0.05) is 24.2 Å². The van der Waals surface area contributed by atoms with E-state index in [-0.39, 0.29) is 11.6 Å². The molecule has 2 aromatic rings. The minimum absolute atomic E-state index is 0.169. The van der Waals surface area contributed by atoms with Crippen molar-refractivity contribution in [2.24, 2.45) is 0 Å². The lowest BCUT2D eigenvalue weighted by Crippen LogP contribution is -2.08. The third kappa shape index (κ3) is 2.26. The van der Waals surface area contributed by atoms with Crippen LogP contribution in [0.4, 0.5) is 5.82 Å². The number of aromatic nitrogens is 2. The molecule has 2 rings (SSSR count). The molecule has 0 aliphatic rings. The molecule has 0 saturated heterocycles. The van der Waals surface area contributed by atoms with Gasteiger partial charge in [0.05, 0.1) is 10.6 Å². The van der Waals surface area contributed by atoms with Gasteiger partial charge in [0.15, 0.2) is 5.78 Å². The molecule has 0 spiro atoms. The molecule has 2 aromatic heterocycles. The highest BCUT2D eigenvalue weighted by molar-refractivity contribution is 6.31. The maximum atomic E-state index is 12.2. The lowest BCUT2D eigenvalue weighted by molar-refractivity contribution is 0.103. The van der Waals surface area contributed by atoms with Gasteiger partial charge in [-0.25, -0.2) is 4.98 Å². The summed E-state index contributed by atoms with van der Waals surface area (Å²) in [5, 5.41) is 0.379. The first kappa shape index (κ1) is 11.5. The van der Waals surface area contributed by atoms with E-state index < -0.39 is 0 Å². The van der Waals surface area contributed by atoms with E-state index in [9.17, 15) is 4.79 Å². The van der Waals surface area contributed by atoms with E-state index in [2.05, 4.69) is 9.97 Å². The molecule has 17 heavy (non-hydrogen) atoms. The monoisotopic (exact) mass is 247 g/mol. The molecular formula is C12H10ClN3O. The van der Waals surface area contributed by atoms with Crippen LogP contribution < -0.4 is 5.73 Å². The fourth-order valence-corrected chi connectivity index (χ4v) is 1.64. The molecule has 0 saturated carbocycles. The van der Waals surface area contributed by atoms with Gasteiger partial charge < -0.3 is 5.73 Å². The lowest BCUT2D eigenvalue weighted by Gasteiger charge is -2.06. The quantitative estimate of drug-likeness (QED) is 0.827. The van der Waals surface area contributed by atoms with Gasteiger partial charge in [-0.3, -0.25) is 9.78 Å². The maximum absolute atomic E-state index is 12.2. The molecule has 0 amide bonds. The van der Waals surface area contributed by atoms with Crippen molar-refractivity contribution in [1.82, 2.24) is 9.97 Å². The largest absolute Gasteiger partial charge is 0.383 e. The van der Waals surface area contributed by atoms with Gasteiger partial charge in [-0.05, 0) is 24.6 Å². The Hall–Kier alpha value is -1.94. The number of ketones is 1. The van der Waals surface area contributed by atoms with Crippen molar-refractivity contribution in [3.05, 3.63) is 52.4 Å². The average Bonchev–Trinajstić information content (AvgIpc) is 2.32. The van der Waals surface area contributed by atoms with Crippen molar-refractivity contribution >= 4 is 23.2 Å². The highest BCUT2D eigenvalue weighted by atomic mass is 35.5. The van der Waals surface area contributed by atoms with E-state index in [0.717, 1.165) is 5.56 Å². The van der Waals surface area contributed by atoms with Crippen LogP contribution in [0, 0.1) is 6.92 Å². The van der Waals surface area contributed by atoms with E-state index in [4.69, 9.17) is 17.3 Å². The molecule has 2 heterocycles. The first-order chi connectivity index (χ1) is 8.09. The molecule has 0 radical (unpaired) electrons. The Bertz CT molecular complexity index is 584. The van der Waals surface area contributed by atoms with E-state index in [1.165, 1.54) is 18.5 Å². The molecule has 0 bridgehead atoms. The van der Waals surface area contributed by atoms with E-state index in [1.54, 1.807) is 12.3 Å². The summed E-state index contributed by atoms with van der Waals surface area (Å²) in [6.07, 6.45) is 4.55. The summed E-state index contributed by atoms with van der Waals surface area (Å²) in [6.45, 7) is 1.84. The molecule has 2 N–H and O–H groups in total. The smallest absolute Gasteiger partial charge is 0.198 e. The van der Waals surface area contributed by atoms with Gasteiger partial charge in [-0.1, -0.05) is 11.6 Å². The third-order valence-electron chi connectivity index (χ3n) is 2.41. The summed E-state index contributed by atoms with van der Waals surface area (Å²) in [6, 6.07) is 3.28. The molecule has 0 aliphatic carbocycles. The Balaban J connectivity index is 2.51. The minimum atomic E-state index is -0.219. The second kappa shape index (κ2) is 4.51. The number of carbonyl (C=O) groups is 1. The van der Waals surface area contributed by atoms with Crippen molar-refractivity contribution < 1.29 is 4.79 Å². The minimum Gasteiger partial charge on any atom is -0.383 e. The molecule has 0 aromatic carbocycles. The van der Waals surface area contributed by atoms with Crippen molar-refractivity contribution in [3.63, 3.8) is 0 Å². The second-order valence-electron chi connectivity index (χ2n) is 3.61. The molecule has 0 atom stereocenters. The van der Waals surface area contributed by atoms with Crippen LogP contribution in [0.1, 0.15) is 21.5 Å². The lowest BCUT2D eigenvalue weighted by atomic mass is 10.0. The fourth-order valence-electron chi connectivity index (χ4n) is 1.48. The Kier molecular flexibility index (Phi) is 3.06. The van der Waals surface area contributed by atoms with Crippen molar-refractivity contribution in [3.8, 4) is 0 Å². The summed E-state index contributed by atoms with van der Waals surface area (Å²) in [7, 11) is 0. The number of anilines is 1. The Morgan fingerprint density at radius 2 is 2.12 bits per heavy atom. The Morgan fingerprint density at radius 1 is 1.35 bits per heavy atom. The van der Waals surface area contributed by atoms with Gasteiger partial charge in [0.2, 0.25) is 0 Å². The molecule has 86 valence electrons. The summed E-state index contributed by atoms with van der Waals surface area (Å²) in [5.74, 6) is -0.0502. The molecule has 0 aliphatic heterocycles. The predicted octanol–water partition coefficient (Wildman–Crippen LogP) is 2.25. The van der Waals surface area contributed by atoms with Crippen LogP contribution in [0.2, 0.25) is 5.02 Å². The van der Waals surface area contributed by atoms with Crippen molar-refractivity contribution in [2.45, 2.75) is 6.92 Å². The van der Waals surface area contributed by atoms with Gasteiger partial charge in [0.1, 0.15) is 5.82 Å². The molecular weight excluding hydrogens is 238 g/mol. The van der Waals surface area contributed by atoms with Crippen LogP contribution in [-0.2, 0) is 0 Å². The van der Waals surface area contributed by atoms with Crippen molar-refractivity contribution in [2.75, 3.05) is 5.73 Å². The number of hydrogen-bond acceptors (Lipinski definition) is 4. The number of nitrogens with two attached hydrogens (primary N) is 1. The number of hydrogen-bond donors (Lipinski definition) is 1. The highest BCUT2D eigenvalue weighted by Crippen LogP contribution is 2.19. The molecule has 0 unspecified atom stereocenters. The van der Waals surface area contributed by atoms with Gasteiger partial charge in [-0.15, -0.1) is 0 Å². The van der Waals surface area contributed by atoms with Crippen molar-refractivity contribution in [1.29, 1.82) is 0 Å². The first-order valence-electron chi connectivity index (χ1n) is 4.96. The number of nitrogen functional groups attached to an aromatic ring is 1. The fraction of sp³-hybridized carbons (Fsp3) is 0.0833. The first-order valence-corrected chi connectivity index (χ1v) is 5.33. The zero-order valence-corrected chi connectivity index (χ0v) is 9.90. The number of carbonyl (C=O) groups excluding carboxylic acids is 1. The van der Waals surface area contributed by atoms with E-state index in [0.29, 0.717) is 16.1 Å². The predicted molar refractivity (Wildman–Crippen MR) is 66.1 cm³/mol. The van der Waals surface area contributed by atoms with Gasteiger partial charge in [-0.2, -0.15) is 0 Å². The molecule has 4 nitrogen and oxygen atoms in total. The summed E-state index contributed by atoms with van der Waals surface area (Å²) < 4.78 is 0. The average molecular weight is 248 g/mol. The Labute approximate surface area is 103 Å². The normalized spacial score (nSPS) is 10.2. The topological polar surface area (TPSA) is 68.9 Å². The van der Waals surface area contributed by atoms with Crippen LogP contribution in [0.3, 0.4) is 0 Å². The molecule has 5 heteroatoms. The SMILES string of the molecule is Cc1ccncc1C(=O)c1cc(Cl)cnc1N. The Morgan fingerprint density at radius 3 is 2.82 bits per heavy atom. The standard InChI is InChI=1S/C12H10ClN3O/c1-7-2-3-15-6-10(7)11(17)9-4-8(13)5-16-12(9)14/h2-6H,1H3,(H2,14,16). The summed E-state index contributed by atoms with van der Waals surface area (Å²) in [4.78, 5) is 20.0. The van der Waals surface area contributed by atoms with Crippen LogP contribution in [0.15, 0.2) is 30.7 Å².